The molecule has 56 valence electrons. The van der Waals surface area contributed by atoms with Crippen LogP contribution in [0.5, 0.6) is 0 Å². The van der Waals surface area contributed by atoms with E-state index in [2.05, 4.69) is 15.0 Å². The van der Waals surface area contributed by atoms with Crippen LogP contribution in [0.25, 0.3) is 11.5 Å². The highest BCUT2D eigenvalue weighted by Gasteiger charge is 2.02. The van der Waals surface area contributed by atoms with Gasteiger partial charge in [-0.2, -0.15) is 0 Å². The van der Waals surface area contributed by atoms with Gasteiger partial charge in [-0.3, -0.25) is 0 Å². The largest absolute Gasteiger partial charge is 0.442 e. The van der Waals surface area contributed by atoms with Crippen molar-refractivity contribution in [3.8, 4) is 11.5 Å². The molecule has 2 aromatic heterocycles. The number of aromatic nitrogens is 3. The molecule has 0 unspecified atom stereocenters. The van der Waals surface area contributed by atoms with Crippen molar-refractivity contribution in [2.75, 3.05) is 5.73 Å². The maximum Gasteiger partial charge on any atom is 0.197 e. The SMILES string of the molecule is Nc1ncc(-c2cnco2)[nH]1. The van der Waals surface area contributed by atoms with Gasteiger partial charge in [-0.15, -0.1) is 0 Å². The van der Waals surface area contributed by atoms with E-state index in [0.29, 0.717) is 11.7 Å². The monoisotopic (exact) mass is 150 g/mol. The smallest absolute Gasteiger partial charge is 0.197 e. The lowest BCUT2D eigenvalue weighted by molar-refractivity contribution is 0.570. The van der Waals surface area contributed by atoms with Gasteiger partial charge >= 0.3 is 0 Å². The minimum absolute atomic E-state index is 0.372. The summed E-state index contributed by atoms with van der Waals surface area (Å²) in [4.78, 5) is 10.4. The van der Waals surface area contributed by atoms with Gasteiger partial charge in [-0.05, 0) is 0 Å². The molecule has 0 atom stereocenters. The van der Waals surface area contributed by atoms with Gasteiger partial charge in [0.1, 0.15) is 5.69 Å². The van der Waals surface area contributed by atoms with E-state index in [4.69, 9.17) is 10.2 Å². The summed E-state index contributed by atoms with van der Waals surface area (Å²) in [5.74, 6) is 1.01. The molecule has 5 nitrogen and oxygen atoms in total. The number of imidazole rings is 1. The molecule has 2 rings (SSSR count). The lowest BCUT2D eigenvalue weighted by Gasteiger charge is -1.85. The second-order valence-corrected chi connectivity index (χ2v) is 2.05. The van der Waals surface area contributed by atoms with Crippen molar-refractivity contribution in [3.63, 3.8) is 0 Å². The standard InChI is InChI=1S/C6H6N4O/c7-6-9-1-4(10-6)5-2-8-3-11-5/h1-3H,(H3,7,9,10). The molecule has 0 spiro atoms. The molecule has 0 fully saturated rings. The maximum absolute atomic E-state index is 5.36. The first-order valence-corrected chi connectivity index (χ1v) is 3.05. The molecule has 3 N–H and O–H groups in total. The van der Waals surface area contributed by atoms with Crippen molar-refractivity contribution in [1.82, 2.24) is 15.0 Å². The molecular weight excluding hydrogens is 144 g/mol. The number of rotatable bonds is 1. The fourth-order valence-corrected chi connectivity index (χ4v) is 0.811. The van der Waals surface area contributed by atoms with E-state index in [1.807, 2.05) is 0 Å². The predicted molar refractivity (Wildman–Crippen MR) is 38.5 cm³/mol. The Hall–Kier alpha value is -1.78. The van der Waals surface area contributed by atoms with Gasteiger partial charge in [-0.25, -0.2) is 9.97 Å². The Balaban J connectivity index is 2.45. The second-order valence-electron chi connectivity index (χ2n) is 2.05. The highest BCUT2D eigenvalue weighted by molar-refractivity contribution is 5.51. The molecular formula is C6H6N4O. The summed E-state index contributed by atoms with van der Waals surface area (Å²) in [6, 6.07) is 0. The molecule has 0 saturated heterocycles. The van der Waals surface area contributed by atoms with Gasteiger partial charge in [0.25, 0.3) is 0 Å². The Morgan fingerprint density at radius 2 is 2.36 bits per heavy atom. The van der Waals surface area contributed by atoms with Crippen LogP contribution in [0.3, 0.4) is 0 Å². The van der Waals surface area contributed by atoms with Crippen LogP contribution in [-0.2, 0) is 0 Å². The number of hydrogen-bond donors (Lipinski definition) is 2. The fraction of sp³-hybridized carbons (Fsp3) is 0. The number of aromatic amines is 1. The van der Waals surface area contributed by atoms with Crippen molar-refractivity contribution < 1.29 is 4.42 Å². The lowest BCUT2D eigenvalue weighted by Crippen LogP contribution is -1.84. The van der Waals surface area contributed by atoms with Gasteiger partial charge in [0.05, 0.1) is 12.4 Å². The first-order chi connectivity index (χ1) is 5.36. The van der Waals surface area contributed by atoms with Crippen molar-refractivity contribution in [2.45, 2.75) is 0 Å². The number of nitrogens with two attached hydrogens (primary N) is 1. The van der Waals surface area contributed by atoms with Crippen LogP contribution >= 0.6 is 0 Å². The van der Waals surface area contributed by atoms with E-state index in [9.17, 15) is 0 Å². The van der Waals surface area contributed by atoms with Crippen LogP contribution in [0.15, 0.2) is 23.2 Å². The van der Waals surface area contributed by atoms with Crippen molar-refractivity contribution in [1.29, 1.82) is 0 Å². The molecule has 0 bridgehead atoms. The molecule has 0 aromatic carbocycles. The average Bonchev–Trinajstić information content (AvgIpc) is 2.55. The molecule has 0 aliphatic heterocycles. The number of nitrogen functional groups attached to an aromatic ring is 1. The molecule has 11 heavy (non-hydrogen) atoms. The Labute approximate surface area is 62.3 Å². The number of nitrogens with one attached hydrogen (secondary N) is 1. The fourth-order valence-electron chi connectivity index (χ4n) is 0.811. The van der Waals surface area contributed by atoms with Crippen LogP contribution in [0.2, 0.25) is 0 Å². The zero-order chi connectivity index (χ0) is 7.68. The summed E-state index contributed by atoms with van der Waals surface area (Å²) < 4.78 is 4.99. The number of anilines is 1. The summed E-state index contributed by atoms with van der Waals surface area (Å²) in [5, 5.41) is 0. The first-order valence-electron chi connectivity index (χ1n) is 3.05. The number of hydrogen-bond acceptors (Lipinski definition) is 4. The highest BCUT2D eigenvalue weighted by atomic mass is 16.3. The molecule has 0 saturated carbocycles. The van der Waals surface area contributed by atoms with Crippen LogP contribution in [0.4, 0.5) is 5.95 Å². The van der Waals surface area contributed by atoms with E-state index in [0.717, 1.165) is 5.69 Å². The normalized spacial score (nSPS) is 10.2. The summed E-state index contributed by atoms with van der Waals surface area (Å²) in [6.45, 7) is 0. The van der Waals surface area contributed by atoms with E-state index in [1.54, 1.807) is 12.4 Å². The molecule has 0 radical (unpaired) electrons. The summed E-state index contributed by atoms with van der Waals surface area (Å²) in [6.07, 6.45) is 4.54. The van der Waals surface area contributed by atoms with Gasteiger partial charge < -0.3 is 15.1 Å². The Bertz CT molecular complexity index is 337. The number of nitrogens with zero attached hydrogens (tertiary/aromatic N) is 2. The summed E-state index contributed by atoms with van der Waals surface area (Å²) >= 11 is 0. The van der Waals surface area contributed by atoms with E-state index in [1.165, 1.54) is 6.39 Å². The van der Waals surface area contributed by atoms with Crippen LogP contribution in [-0.4, -0.2) is 15.0 Å². The van der Waals surface area contributed by atoms with Gasteiger partial charge in [-0.1, -0.05) is 0 Å². The van der Waals surface area contributed by atoms with Crippen molar-refractivity contribution >= 4 is 5.95 Å². The van der Waals surface area contributed by atoms with Crippen molar-refractivity contribution in [2.24, 2.45) is 0 Å². The van der Waals surface area contributed by atoms with Crippen LogP contribution < -0.4 is 5.73 Å². The highest BCUT2D eigenvalue weighted by Crippen LogP contribution is 2.15. The average molecular weight is 150 g/mol. The Morgan fingerprint density at radius 1 is 1.45 bits per heavy atom. The molecule has 0 aliphatic rings. The van der Waals surface area contributed by atoms with Gasteiger partial charge in [0.2, 0.25) is 0 Å². The Kier molecular flexibility index (Phi) is 1.15. The zero-order valence-corrected chi connectivity index (χ0v) is 5.61. The van der Waals surface area contributed by atoms with Crippen LogP contribution in [0, 0.1) is 0 Å². The molecule has 2 heterocycles. The van der Waals surface area contributed by atoms with E-state index < -0.39 is 0 Å². The van der Waals surface area contributed by atoms with E-state index >= 15 is 0 Å². The molecule has 5 heteroatoms. The number of H-pyrrole nitrogens is 1. The van der Waals surface area contributed by atoms with Gasteiger partial charge in [0.15, 0.2) is 18.1 Å². The van der Waals surface area contributed by atoms with Crippen molar-refractivity contribution in [3.05, 3.63) is 18.8 Å². The number of oxazole rings is 1. The third kappa shape index (κ3) is 0.958. The van der Waals surface area contributed by atoms with Gasteiger partial charge in [0, 0.05) is 0 Å². The Morgan fingerprint density at radius 3 is 2.91 bits per heavy atom. The molecule has 2 aromatic rings. The molecule has 0 amide bonds. The second kappa shape index (κ2) is 2.12. The lowest BCUT2D eigenvalue weighted by atomic mass is 10.4. The molecule has 0 aliphatic carbocycles. The van der Waals surface area contributed by atoms with Crippen LogP contribution in [0.1, 0.15) is 0 Å². The first kappa shape index (κ1) is 5.96. The maximum atomic E-state index is 5.36. The summed E-state index contributed by atoms with van der Waals surface area (Å²) in [5.41, 5.74) is 6.09. The quantitative estimate of drug-likeness (QED) is 0.625. The minimum atomic E-state index is 0.372. The topological polar surface area (TPSA) is 80.7 Å². The summed E-state index contributed by atoms with van der Waals surface area (Å²) in [7, 11) is 0. The minimum Gasteiger partial charge on any atom is -0.442 e. The third-order valence-electron chi connectivity index (χ3n) is 1.29. The third-order valence-corrected chi connectivity index (χ3v) is 1.29. The van der Waals surface area contributed by atoms with E-state index in [-0.39, 0.29) is 0 Å². The zero-order valence-electron chi connectivity index (χ0n) is 5.61. The predicted octanol–water partition coefficient (Wildman–Crippen LogP) is 0.647.